The molecule has 0 atom stereocenters. The largest absolute Gasteiger partial charge is 0.348 e. The minimum absolute atomic E-state index is 0.645. The minimum atomic E-state index is 0.645. The molecule has 15 heavy (non-hydrogen) atoms. The van der Waals surface area contributed by atoms with E-state index < -0.39 is 0 Å². The molecule has 1 aliphatic heterocycles. The highest BCUT2D eigenvalue weighted by Crippen LogP contribution is 2.27. The molecule has 4 heteroatoms. The Bertz CT molecular complexity index is 288. The molecule has 1 heterocycles. The third-order valence-corrected chi connectivity index (χ3v) is 3.69. The third-order valence-electron chi connectivity index (χ3n) is 3.17. The van der Waals surface area contributed by atoms with Crippen LogP contribution >= 0.6 is 23.8 Å². The lowest BCUT2D eigenvalue weighted by Gasteiger charge is -2.22. The van der Waals surface area contributed by atoms with Crippen LogP contribution in [0, 0.1) is 0 Å². The van der Waals surface area contributed by atoms with Crippen LogP contribution in [0.3, 0.4) is 0 Å². The molecule has 0 radical (unpaired) electrons. The summed E-state index contributed by atoms with van der Waals surface area (Å²) in [6.45, 7) is 1.88. The Morgan fingerprint density at radius 3 is 2.87 bits per heavy atom. The average molecular weight is 245 g/mol. The van der Waals surface area contributed by atoms with Crippen LogP contribution in [0.5, 0.6) is 0 Å². The van der Waals surface area contributed by atoms with Crippen molar-refractivity contribution in [2.75, 3.05) is 19.0 Å². The van der Waals surface area contributed by atoms with Gasteiger partial charge < -0.3 is 10.2 Å². The normalized spacial score (nSPS) is 22.2. The molecule has 84 valence electrons. The fourth-order valence-corrected chi connectivity index (χ4v) is 2.80. The van der Waals surface area contributed by atoms with Crippen LogP contribution in [0.2, 0.25) is 0 Å². The zero-order chi connectivity index (χ0) is 10.7. The summed E-state index contributed by atoms with van der Waals surface area (Å²) in [7, 11) is 0. The number of allylic oxidation sites excluding steroid dienone is 1. The molecular formula is C11H17ClN2S. The summed E-state index contributed by atoms with van der Waals surface area (Å²) in [5.41, 5.74) is 2.98. The topological polar surface area (TPSA) is 15.3 Å². The van der Waals surface area contributed by atoms with E-state index in [1.807, 2.05) is 0 Å². The summed E-state index contributed by atoms with van der Waals surface area (Å²) < 4.78 is 0. The van der Waals surface area contributed by atoms with Gasteiger partial charge in [-0.05, 0) is 49.9 Å². The molecule has 0 unspecified atom stereocenters. The second kappa shape index (κ2) is 5.17. The fourth-order valence-electron chi connectivity index (χ4n) is 2.29. The number of halogens is 1. The Balaban J connectivity index is 2.06. The number of thiocarbonyl (C=S) groups is 1. The lowest BCUT2D eigenvalue weighted by molar-refractivity contribution is 0.448. The Hall–Kier alpha value is -0.280. The first-order valence-corrected chi connectivity index (χ1v) is 6.58. The first-order valence-electron chi connectivity index (χ1n) is 5.64. The highest BCUT2D eigenvalue weighted by molar-refractivity contribution is 7.80. The predicted molar refractivity (Wildman–Crippen MR) is 68.1 cm³/mol. The second-order valence-corrected chi connectivity index (χ2v) is 4.91. The molecule has 2 rings (SSSR count). The van der Waals surface area contributed by atoms with Crippen LogP contribution < -0.4 is 5.32 Å². The first kappa shape index (κ1) is 11.2. The molecule has 0 saturated heterocycles. The van der Waals surface area contributed by atoms with Gasteiger partial charge in [0.25, 0.3) is 0 Å². The van der Waals surface area contributed by atoms with Crippen LogP contribution in [0.25, 0.3) is 0 Å². The van der Waals surface area contributed by atoms with Crippen molar-refractivity contribution in [2.24, 2.45) is 0 Å². The van der Waals surface area contributed by atoms with Crippen molar-refractivity contribution in [3.05, 3.63) is 11.3 Å². The summed E-state index contributed by atoms with van der Waals surface area (Å²) in [5.74, 6) is 0.645. The van der Waals surface area contributed by atoms with Crippen molar-refractivity contribution >= 4 is 28.9 Å². The molecule has 0 spiro atoms. The molecule has 0 aromatic rings. The zero-order valence-corrected chi connectivity index (χ0v) is 10.5. The summed E-state index contributed by atoms with van der Waals surface area (Å²) in [6.07, 6.45) is 6.20. The van der Waals surface area contributed by atoms with E-state index in [1.165, 1.54) is 31.4 Å². The van der Waals surface area contributed by atoms with E-state index in [0.717, 1.165) is 24.6 Å². The molecule has 0 aromatic heterocycles. The minimum Gasteiger partial charge on any atom is -0.348 e. The Labute approximate surface area is 102 Å². The van der Waals surface area contributed by atoms with E-state index in [2.05, 4.69) is 10.2 Å². The Kier molecular flexibility index (Phi) is 3.87. The van der Waals surface area contributed by atoms with Crippen molar-refractivity contribution < 1.29 is 0 Å². The van der Waals surface area contributed by atoms with Crippen LogP contribution in [-0.4, -0.2) is 29.0 Å². The third kappa shape index (κ3) is 2.64. The van der Waals surface area contributed by atoms with Crippen molar-refractivity contribution in [1.82, 2.24) is 10.2 Å². The molecule has 0 amide bonds. The molecule has 1 N–H and O–H groups in total. The maximum absolute atomic E-state index is 5.76. The van der Waals surface area contributed by atoms with Crippen LogP contribution in [-0.2, 0) is 0 Å². The number of alkyl halides is 1. The summed E-state index contributed by atoms with van der Waals surface area (Å²) in [4.78, 5) is 2.18. The zero-order valence-electron chi connectivity index (χ0n) is 8.89. The first-order chi connectivity index (χ1) is 7.31. The van der Waals surface area contributed by atoms with Gasteiger partial charge in [-0.15, -0.1) is 11.6 Å². The van der Waals surface area contributed by atoms with Crippen molar-refractivity contribution in [1.29, 1.82) is 0 Å². The maximum atomic E-state index is 5.76. The standard InChI is InChI=1S/C11H17ClN2S/c12-6-8-14-7-5-9-3-1-2-4-10(9)13-11(14)15/h1-8H2,(H,13,15). The summed E-state index contributed by atoms with van der Waals surface area (Å²) in [5, 5.41) is 4.26. The van der Waals surface area contributed by atoms with Crippen molar-refractivity contribution in [3.63, 3.8) is 0 Å². The maximum Gasteiger partial charge on any atom is 0.173 e. The SMILES string of the molecule is S=C1NC2=C(CCCC2)CCN1CCCl. The van der Waals surface area contributed by atoms with Gasteiger partial charge >= 0.3 is 0 Å². The van der Waals surface area contributed by atoms with E-state index >= 15 is 0 Å². The highest BCUT2D eigenvalue weighted by Gasteiger charge is 2.20. The molecule has 2 aliphatic rings. The van der Waals surface area contributed by atoms with Crippen LogP contribution in [0.1, 0.15) is 32.1 Å². The van der Waals surface area contributed by atoms with Gasteiger partial charge in [-0.2, -0.15) is 0 Å². The van der Waals surface area contributed by atoms with Crippen LogP contribution in [0.15, 0.2) is 11.3 Å². The predicted octanol–water partition coefficient (Wildman–Crippen LogP) is 2.63. The monoisotopic (exact) mass is 244 g/mol. The fraction of sp³-hybridized carbons (Fsp3) is 0.727. The molecule has 0 bridgehead atoms. The quantitative estimate of drug-likeness (QED) is 0.594. The van der Waals surface area contributed by atoms with Gasteiger partial charge in [0.15, 0.2) is 5.11 Å². The van der Waals surface area contributed by atoms with Gasteiger partial charge in [0.1, 0.15) is 0 Å². The summed E-state index contributed by atoms with van der Waals surface area (Å²) in [6, 6.07) is 0. The lowest BCUT2D eigenvalue weighted by Crippen LogP contribution is -2.39. The molecule has 1 aliphatic carbocycles. The van der Waals surface area contributed by atoms with Gasteiger partial charge in [-0.25, -0.2) is 0 Å². The molecule has 0 saturated carbocycles. The van der Waals surface area contributed by atoms with Crippen molar-refractivity contribution in [2.45, 2.75) is 32.1 Å². The van der Waals surface area contributed by atoms with E-state index in [1.54, 1.807) is 5.57 Å². The van der Waals surface area contributed by atoms with Gasteiger partial charge in [-0.1, -0.05) is 0 Å². The number of rotatable bonds is 2. The Morgan fingerprint density at radius 2 is 2.07 bits per heavy atom. The summed E-state index contributed by atoms with van der Waals surface area (Å²) >= 11 is 11.1. The molecular weight excluding hydrogens is 228 g/mol. The number of nitrogens with zero attached hydrogens (tertiary/aromatic N) is 1. The number of hydrogen-bond acceptors (Lipinski definition) is 1. The second-order valence-electron chi connectivity index (χ2n) is 4.15. The van der Waals surface area contributed by atoms with Crippen LogP contribution in [0.4, 0.5) is 0 Å². The average Bonchev–Trinajstić information content (AvgIpc) is 2.40. The molecule has 0 fully saturated rings. The molecule has 2 nitrogen and oxygen atoms in total. The van der Waals surface area contributed by atoms with Crippen molar-refractivity contribution in [3.8, 4) is 0 Å². The smallest absolute Gasteiger partial charge is 0.173 e. The number of nitrogens with one attached hydrogen (secondary N) is 1. The lowest BCUT2D eigenvalue weighted by atomic mass is 9.94. The van der Waals surface area contributed by atoms with Gasteiger partial charge in [-0.3, -0.25) is 0 Å². The highest BCUT2D eigenvalue weighted by atomic mass is 35.5. The van der Waals surface area contributed by atoms with Gasteiger partial charge in [0.05, 0.1) is 0 Å². The van der Waals surface area contributed by atoms with E-state index in [9.17, 15) is 0 Å². The van der Waals surface area contributed by atoms with Gasteiger partial charge in [0.2, 0.25) is 0 Å². The van der Waals surface area contributed by atoms with E-state index in [0.29, 0.717) is 5.88 Å². The Morgan fingerprint density at radius 1 is 1.27 bits per heavy atom. The number of hydrogen-bond donors (Lipinski definition) is 1. The molecule has 0 aromatic carbocycles. The van der Waals surface area contributed by atoms with E-state index in [-0.39, 0.29) is 0 Å². The van der Waals surface area contributed by atoms with Gasteiger partial charge in [0, 0.05) is 24.7 Å². The van der Waals surface area contributed by atoms with E-state index in [4.69, 9.17) is 23.8 Å².